The van der Waals surface area contributed by atoms with Gasteiger partial charge in [-0.2, -0.15) is 4.31 Å². The number of carbonyl (C=O) groups is 1. The summed E-state index contributed by atoms with van der Waals surface area (Å²) >= 11 is 5.77. The number of rotatable bonds is 9. The minimum Gasteiger partial charge on any atom is -0.497 e. The molecule has 1 N–H and O–H groups in total. The number of hydrogen-bond acceptors (Lipinski definition) is 5. The Kier molecular flexibility index (Phi) is 7.46. The topological polar surface area (TPSA) is 84.9 Å². The first-order chi connectivity index (χ1) is 12.8. The lowest BCUT2D eigenvalue weighted by molar-refractivity contribution is -0.121. The first kappa shape index (κ1) is 21.0. The third-order valence-corrected chi connectivity index (χ3v) is 5.71. The lowest BCUT2D eigenvalue weighted by atomic mass is 10.3. The number of benzene rings is 2. The van der Waals surface area contributed by atoms with Crippen molar-refractivity contribution in [3.8, 4) is 11.5 Å². The van der Waals surface area contributed by atoms with E-state index >= 15 is 0 Å². The Morgan fingerprint density at radius 1 is 1.07 bits per heavy atom. The predicted molar refractivity (Wildman–Crippen MR) is 103 cm³/mol. The van der Waals surface area contributed by atoms with Crippen molar-refractivity contribution in [1.82, 2.24) is 9.62 Å². The highest BCUT2D eigenvalue weighted by Gasteiger charge is 2.22. The summed E-state index contributed by atoms with van der Waals surface area (Å²) in [5.74, 6) is 0.946. The summed E-state index contributed by atoms with van der Waals surface area (Å²) in [5.41, 5.74) is 0. The van der Waals surface area contributed by atoms with Gasteiger partial charge in [0.1, 0.15) is 18.1 Å². The second kappa shape index (κ2) is 9.59. The van der Waals surface area contributed by atoms with E-state index in [1.165, 1.54) is 31.3 Å². The first-order valence-corrected chi connectivity index (χ1v) is 9.90. The van der Waals surface area contributed by atoms with Gasteiger partial charge >= 0.3 is 0 Å². The Hall–Kier alpha value is -2.29. The van der Waals surface area contributed by atoms with E-state index in [0.717, 1.165) is 10.1 Å². The van der Waals surface area contributed by atoms with Crippen LogP contribution in [-0.2, 0) is 14.8 Å². The Labute approximate surface area is 163 Å². The Morgan fingerprint density at radius 3 is 2.26 bits per heavy atom. The first-order valence-electron chi connectivity index (χ1n) is 8.08. The zero-order valence-electron chi connectivity index (χ0n) is 15.0. The van der Waals surface area contributed by atoms with Crippen molar-refractivity contribution in [2.75, 3.05) is 33.9 Å². The molecule has 0 fully saturated rings. The number of nitrogens with one attached hydrogen (secondary N) is 1. The van der Waals surface area contributed by atoms with Gasteiger partial charge in [-0.05, 0) is 48.5 Å². The normalized spacial score (nSPS) is 11.3. The van der Waals surface area contributed by atoms with Crippen LogP contribution in [0.1, 0.15) is 0 Å². The Balaban J connectivity index is 1.78. The highest BCUT2D eigenvalue weighted by atomic mass is 35.5. The monoisotopic (exact) mass is 412 g/mol. The molecule has 0 atom stereocenters. The van der Waals surface area contributed by atoms with Crippen molar-refractivity contribution in [2.24, 2.45) is 0 Å². The summed E-state index contributed by atoms with van der Waals surface area (Å²) in [6, 6.07) is 12.8. The second-order valence-electron chi connectivity index (χ2n) is 5.59. The van der Waals surface area contributed by atoms with Crippen LogP contribution < -0.4 is 14.8 Å². The molecule has 0 radical (unpaired) electrons. The molecule has 0 spiro atoms. The summed E-state index contributed by atoms with van der Waals surface area (Å²) in [6.07, 6.45) is 0. The van der Waals surface area contributed by atoms with E-state index in [0.29, 0.717) is 10.8 Å². The summed E-state index contributed by atoms with van der Waals surface area (Å²) in [5, 5.41) is 3.06. The van der Waals surface area contributed by atoms with Gasteiger partial charge in [0.2, 0.25) is 15.9 Å². The van der Waals surface area contributed by atoms with Gasteiger partial charge in [0.15, 0.2) is 0 Å². The molecule has 0 aromatic heterocycles. The maximum Gasteiger partial charge on any atom is 0.243 e. The van der Waals surface area contributed by atoms with Crippen molar-refractivity contribution in [1.29, 1.82) is 0 Å². The average Bonchev–Trinajstić information content (AvgIpc) is 2.66. The molecule has 0 aliphatic carbocycles. The van der Waals surface area contributed by atoms with Crippen LogP contribution >= 0.6 is 11.6 Å². The van der Waals surface area contributed by atoms with Crippen LogP contribution in [0.4, 0.5) is 0 Å². The van der Waals surface area contributed by atoms with Crippen LogP contribution in [-0.4, -0.2) is 52.5 Å². The number of sulfonamides is 1. The minimum absolute atomic E-state index is 0.0741. The number of amides is 1. The molecule has 0 aliphatic rings. The predicted octanol–water partition coefficient (Wildman–Crippen LogP) is 2.16. The standard InChI is InChI=1S/C18H21ClN2O5S/c1-21(27(23,24)17-9-3-14(19)4-10-17)13-18(22)20-11-12-26-16-7-5-15(25-2)6-8-16/h3-10H,11-13H2,1-2H3,(H,20,22). The number of carbonyl (C=O) groups excluding carboxylic acids is 1. The molecular weight excluding hydrogens is 392 g/mol. The van der Waals surface area contributed by atoms with Gasteiger partial charge in [0.25, 0.3) is 0 Å². The Morgan fingerprint density at radius 2 is 1.67 bits per heavy atom. The van der Waals surface area contributed by atoms with E-state index in [1.807, 2.05) is 0 Å². The number of likely N-dealkylation sites (N-methyl/N-ethyl adjacent to an activating group) is 1. The van der Waals surface area contributed by atoms with Crippen molar-refractivity contribution in [3.05, 3.63) is 53.6 Å². The molecule has 0 aliphatic heterocycles. The molecule has 0 saturated heterocycles. The smallest absolute Gasteiger partial charge is 0.243 e. The molecule has 1 amide bonds. The number of nitrogens with zero attached hydrogens (tertiary/aromatic N) is 1. The van der Waals surface area contributed by atoms with Gasteiger partial charge in [0, 0.05) is 12.1 Å². The van der Waals surface area contributed by atoms with E-state index in [2.05, 4.69) is 5.32 Å². The molecule has 2 aromatic carbocycles. The van der Waals surface area contributed by atoms with Gasteiger partial charge < -0.3 is 14.8 Å². The summed E-state index contributed by atoms with van der Waals surface area (Å²) in [6.45, 7) is 0.207. The molecule has 0 unspecified atom stereocenters. The molecule has 0 saturated carbocycles. The third kappa shape index (κ3) is 6.13. The number of methoxy groups -OCH3 is 1. The van der Waals surface area contributed by atoms with E-state index in [-0.39, 0.29) is 24.6 Å². The molecule has 2 aromatic rings. The van der Waals surface area contributed by atoms with Gasteiger partial charge in [0.05, 0.1) is 25.1 Å². The van der Waals surface area contributed by atoms with Crippen LogP contribution in [0.15, 0.2) is 53.4 Å². The van der Waals surface area contributed by atoms with Crippen LogP contribution in [0.2, 0.25) is 5.02 Å². The van der Waals surface area contributed by atoms with Crippen LogP contribution in [0.5, 0.6) is 11.5 Å². The minimum atomic E-state index is -3.76. The summed E-state index contributed by atoms with van der Waals surface area (Å²) < 4.78 is 36.4. The molecule has 0 heterocycles. The number of hydrogen-bond donors (Lipinski definition) is 1. The van der Waals surface area contributed by atoms with E-state index < -0.39 is 15.9 Å². The second-order valence-corrected chi connectivity index (χ2v) is 8.07. The van der Waals surface area contributed by atoms with Crippen molar-refractivity contribution < 1.29 is 22.7 Å². The molecular formula is C18H21ClN2O5S. The lowest BCUT2D eigenvalue weighted by Gasteiger charge is -2.17. The van der Waals surface area contributed by atoms with Gasteiger partial charge in [-0.3, -0.25) is 4.79 Å². The zero-order chi connectivity index (χ0) is 19.9. The van der Waals surface area contributed by atoms with Crippen molar-refractivity contribution >= 4 is 27.5 Å². The highest BCUT2D eigenvalue weighted by Crippen LogP contribution is 2.18. The molecule has 2 rings (SSSR count). The zero-order valence-corrected chi connectivity index (χ0v) is 16.6. The average molecular weight is 413 g/mol. The molecule has 27 heavy (non-hydrogen) atoms. The largest absolute Gasteiger partial charge is 0.497 e. The maximum absolute atomic E-state index is 12.4. The van der Waals surface area contributed by atoms with E-state index in [1.54, 1.807) is 31.4 Å². The molecule has 7 nitrogen and oxygen atoms in total. The fourth-order valence-electron chi connectivity index (χ4n) is 2.16. The fraction of sp³-hybridized carbons (Fsp3) is 0.278. The van der Waals surface area contributed by atoms with E-state index in [9.17, 15) is 13.2 Å². The summed E-state index contributed by atoms with van der Waals surface area (Å²) in [4.78, 5) is 12.0. The maximum atomic E-state index is 12.4. The quantitative estimate of drug-likeness (QED) is 0.638. The number of ether oxygens (including phenoxy) is 2. The molecule has 9 heteroatoms. The SMILES string of the molecule is COc1ccc(OCCNC(=O)CN(C)S(=O)(=O)c2ccc(Cl)cc2)cc1. The van der Waals surface area contributed by atoms with Crippen LogP contribution in [0.3, 0.4) is 0 Å². The van der Waals surface area contributed by atoms with E-state index in [4.69, 9.17) is 21.1 Å². The van der Waals surface area contributed by atoms with Crippen molar-refractivity contribution in [2.45, 2.75) is 4.90 Å². The molecule has 146 valence electrons. The van der Waals surface area contributed by atoms with Crippen molar-refractivity contribution in [3.63, 3.8) is 0 Å². The third-order valence-electron chi connectivity index (χ3n) is 3.64. The Bertz CT molecular complexity index is 854. The van der Waals surface area contributed by atoms with Crippen LogP contribution in [0, 0.1) is 0 Å². The van der Waals surface area contributed by atoms with Gasteiger partial charge in [-0.1, -0.05) is 11.6 Å². The van der Waals surface area contributed by atoms with Crippen LogP contribution in [0.25, 0.3) is 0 Å². The lowest BCUT2D eigenvalue weighted by Crippen LogP contribution is -2.39. The fourth-order valence-corrected chi connectivity index (χ4v) is 3.41. The highest BCUT2D eigenvalue weighted by molar-refractivity contribution is 7.89. The number of halogens is 1. The van der Waals surface area contributed by atoms with Gasteiger partial charge in [-0.25, -0.2) is 8.42 Å². The summed E-state index contributed by atoms with van der Waals surface area (Å²) in [7, 11) is -0.837. The molecule has 0 bridgehead atoms. The van der Waals surface area contributed by atoms with Gasteiger partial charge in [-0.15, -0.1) is 0 Å².